The fraction of sp³-hybridized carbons (Fsp3) is 0.143. The summed E-state index contributed by atoms with van der Waals surface area (Å²) in [6.07, 6.45) is 6.67. The predicted octanol–water partition coefficient (Wildman–Crippen LogP) is 2.50. The minimum absolute atomic E-state index is 0. The molecule has 0 spiro atoms. The maximum absolute atomic E-state index is 13.3. The molecular formula is C21H21ClN6O3S. The van der Waals surface area contributed by atoms with Crippen LogP contribution in [0.4, 0.5) is 5.82 Å². The molecule has 32 heavy (non-hydrogen) atoms. The topological polar surface area (TPSA) is 114 Å². The summed E-state index contributed by atoms with van der Waals surface area (Å²) in [7, 11) is -2.62. The average molecular weight is 473 g/mol. The molecule has 0 fully saturated rings. The van der Waals surface area contributed by atoms with E-state index in [9.17, 15) is 13.2 Å². The molecule has 0 bridgehead atoms. The monoisotopic (exact) mass is 472 g/mol. The second kappa shape index (κ2) is 9.33. The Morgan fingerprint density at radius 1 is 1.03 bits per heavy atom. The Morgan fingerprint density at radius 3 is 2.47 bits per heavy atom. The number of anilines is 1. The van der Waals surface area contributed by atoms with Gasteiger partial charge >= 0.3 is 0 Å². The fourth-order valence-corrected chi connectivity index (χ4v) is 4.48. The van der Waals surface area contributed by atoms with Crippen LogP contribution < -0.4 is 9.86 Å². The zero-order valence-corrected chi connectivity index (χ0v) is 19.0. The Hall–Kier alpha value is -3.50. The van der Waals surface area contributed by atoms with Gasteiger partial charge in [0.05, 0.1) is 0 Å². The summed E-state index contributed by atoms with van der Waals surface area (Å²) in [5.74, 6) is 0.250. The second-order valence-electron chi connectivity index (χ2n) is 6.88. The summed E-state index contributed by atoms with van der Waals surface area (Å²) in [4.78, 5) is 25.4. The second-order valence-corrected chi connectivity index (χ2v) is 8.82. The van der Waals surface area contributed by atoms with Crippen molar-refractivity contribution in [1.29, 1.82) is 0 Å². The number of H-pyrrole nitrogens is 1. The Morgan fingerprint density at radius 2 is 1.78 bits per heavy atom. The van der Waals surface area contributed by atoms with E-state index < -0.39 is 10.0 Å². The average Bonchev–Trinajstić information content (AvgIpc) is 3.08. The van der Waals surface area contributed by atoms with Gasteiger partial charge in [-0.05, 0) is 42.8 Å². The largest absolute Gasteiger partial charge is 0.294 e. The summed E-state index contributed by atoms with van der Waals surface area (Å²) in [6.45, 7) is 1.76. The quantitative estimate of drug-likeness (QED) is 0.461. The molecule has 0 aliphatic rings. The van der Waals surface area contributed by atoms with Gasteiger partial charge in [-0.25, -0.2) is 18.4 Å². The number of hydrogen-bond acceptors (Lipinski definition) is 6. The number of pyridine rings is 3. The van der Waals surface area contributed by atoms with Gasteiger partial charge < -0.3 is 0 Å². The van der Waals surface area contributed by atoms with Crippen molar-refractivity contribution in [3.8, 4) is 5.82 Å². The highest BCUT2D eigenvalue weighted by atomic mass is 35.5. The lowest BCUT2D eigenvalue weighted by Gasteiger charge is -2.19. The van der Waals surface area contributed by atoms with E-state index in [2.05, 4.69) is 20.1 Å². The third kappa shape index (κ3) is 4.27. The van der Waals surface area contributed by atoms with Crippen LogP contribution in [0.3, 0.4) is 0 Å². The third-order valence-electron chi connectivity index (χ3n) is 4.87. The molecule has 4 rings (SSSR count). The van der Waals surface area contributed by atoms with Crippen molar-refractivity contribution >= 4 is 28.2 Å². The number of sulfonamides is 1. The van der Waals surface area contributed by atoms with Gasteiger partial charge in [0.1, 0.15) is 10.7 Å². The normalized spacial score (nSPS) is 11.1. The van der Waals surface area contributed by atoms with Crippen molar-refractivity contribution in [2.75, 3.05) is 11.4 Å². The first-order chi connectivity index (χ1) is 14.9. The van der Waals surface area contributed by atoms with Crippen molar-refractivity contribution in [3.05, 3.63) is 94.4 Å². The predicted molar refractivity (Wildman–Crippen MR) is 123 cm³/mol. The van der Waals surface area contributed by atoms with E-state index in [0.717, 1.165) is 9.87 Å². The van der Waals surface area contributed by atoms with E-state index in [1.807, 2.05) is 6.07 Å². The first kappa shape index (κ1) is 23.2. The van der Waals surface area contributed by atoms with Crippen LogP contribution >= 0.6 is 12.4 Å². The molecule has 166 valence electrons. The molecule has 0 saturated heterocycles. The highest BCUT2D eigenvalue weighted by Gasteiger charge is 2.28. The summed E-state index contributed by atoms with van der Waals surface area (Å²) < 4.78 is 28.9. The van der Waals surface area contributed by atoms with Gasteiger partial charge in [-0.3, -0.25) is 19.2 Å². The van der Waals surface area contributed by atoms with E-state index in [1.54, 1.807) is 43.6 Å². The van der Waals surface area contributed by atoms with E-state index in [-0.39, 0.29) is 34.5 Å². The van der Waals surface area contributed by atoms with Crippen LogP contribution in [0.15, 0.2) is 76.9 Å². The van der Waals surface area contributed by atoms with Gasteiger partial charge in [-0.15, -0.1) is 12.4 Å². The van der Waals surface area contributed by atoms with Crippen LogP contribution in [0.2, 0.25) is 0 Å². The van der Waals surface area contributed by atoms with Crippen molar-refractivity contribution in [2.24, 2.45) is 0 Å². The number of aromatic nitrogens is 5. The lowest BCUT2D eigenvalue weighted by Crippen LogP contribution is -2.30. The Bertz CT molecular complexity index is 1370. The van der Waals surface area contributed by atoms with Gasteiger partial charge in [0.25, 0.3) is 15.6 Å². The molecule has 1 N–H and O–H groups in total. The molecule has 0 atom stereocenters. The highest BCUT2D eigenvalue weighted by Crippen LogP contribution is 2.23. The minimum atomic E-state index is -4.03. The number of nitrogens with zero attached hydrogens (tertiary/aromatic N) is 5. The Labute approximate surface area is 191 Å². The Kier molecular flexibility index (Phi) is 6.75. The summed E-state index contributed by atoms with van der Waals surface area (Å²) >= 11 is 0. The van der Waals surface area contributed by atoms with Gasteiger partial charge in [-0.2, -0.15) is 4.68 Å². The van der Waals surface area contributed by atoms with Crippen LogP contribution in [0.25, 0.3) is 5.82 Å². The molecule has 0 amide bonds. The van der Waals surface area contributed by atoms with Crippen molar-refractivity contribution in [2.45, 2.75) is 18.2 Å². The summed E-state index contributed by atoms with van der Waals surface area (Å²) in [5, 5.41) is 2.96. The molecule has 9 nitrogen and oxygen atoms in total. The number of aromatic amines is 1. The summed E-state index contributed by atoms with van der Waals surface area (Å²) in [5.41, 5.74) is 1.65. The molecule has 0 radical (unpaired) electrons. The zero-order valence-electron chi connectivity index (χ0n) is 17.3. The van der Waals surface area contributed by atoms with Crippen molar-refractivity contribution in [3.63, 3.8) is 0 Å². The van der Waals surface area contributed by atoms with Gasteiger partial charge in [0.2, 0.25) is 0 Å². The first-order valence-electron chi connectivity index (χ1n) is 9.44. The number of rotatable bonds is 6. The van der Waals surface area contributed by atoms with E-state index in [1.165, 1.54) is 36.3 Å². The molecule has 11 heteroatoms. The van der Waals surface area contributed by atoms with Gasteiger partial charge in [0, 0.05) is 49.5 Å². The van der Waals surface area contributed by atoms with Crippen molar-refractivity contribution < 1.29 is 8.42 Å². The van der Waals surface area contributed by atoms with Crippen LogP contribution in [-0.4, -0.2) is 40.2 Å². The van der Waals surface area contributed by atoms with Crippen LogP contribution in [0.5, 0.6) is 0 Å². The SMILES string of the molecule is Cc1[nH]n(-c2ncccc2S(=O)(=O)N(C)c2ccccn2)c(=O)c1Cc1cccnc1.Cl. The van der Waals surface area contributed by atoms with Crippen molar-refractivity contribution in [1.82, 2.24) is 24.7 Å². The van der Waals surface area contributed by atoms with Gasteiger partial charge in [-0.1, -0.05) is 12.1 Å². The van der Waals surface area contributed by atoms with E-state index >= 15 is 0 Å². The molecule has 0 saturated carbocycles. The summed E-state index contributed by atoms with van der Waals surface area (Å²) in [6, 6.07) is 11.6. The maximum atomic E-state index is 13.3. The maximum Gasteiger partial charge on any atom is 0.276 e. The third-order valence-corrected chi connectivity index (χ3v) is 6.65. The molecule has 0 aliphatic carbocycles. The fourth-order valence-electron chi connectivity index (χ4n) is 3.21. The number of nitrogens with one attached hydrogen (secondary N) is 1. The number of halogens is 1. The molecule has 4 heterocycles. The number of hydrogen-bond donors (Lipinski definition) is 1. The van der Waals surface area contributed by atoms with Crippen LogP contribution in [0, 0.1) is 6.92 Å². The van der Waals surface area contributed by atoms with Gasteiger partial charge in [0.15, 0.2) is 5.82 Å². The first-order valence-corrected chi connectivity index (χ1v) is 10.9. The number of aryl methyl sites for hydroxylation is 1. The molecule has 4 aromatic rings. The molecule has 4 aromatic heterocycles. The Balaban J connectivity index is 0.00000289. The zero-order chi connectivity index (χ0) is 22.0. The van der Waals surface area contributed by atoms with E-state index in [4.69, 9.17) is 0 Å². The smallest absolute Gasteiger partial charge is 0.276 e. The van der Waals surface area contributed by atoms with Crippen LogP contribution in [0.1, 0.15) is 16.8 Å². The lowest BCUT2D eigenvalue weighted by molar-refractivity contribution is 0.591. The standard InChI is InChI=1S/C21H20N6O3S.ClH/c1-15-17(13-16-7-5-10-22-14-16)21(28)27(25-15)20-18(8-6-12-24-20)31(29,30)26(2)19-9-3-4-11-23-19;/h3-12,14,25H,13H2,1-2H3;1H. The molecule has 0 aliphatic heterocycles. The highest BCUT2D eigenvalue weighted by molar-refractivity contribution is 7.92. The molecular weight excluding hydrogens is 452 g/mol. The molecule has 0 aromatic carbocycles. The van der Waals surface area contributed by atoms with Crippen LogP contribution in [-0.2, 0) is 16.4 Å². The lowest BCUT2D eigenvalue weighted by atomic mass is 10.1. The minimum Gasteiger partial charge on any atom is -0.294 e. The molecule has 0 unspecified atom stereocenters. The van der Waals surface area contributed by atoms with E-state index in [0.29, 0.717) is 17.7 Å².